The minimum absolute atomic E-state index is 0.346. The van der Waals surface area contributed by atoms with Crippen LogP contribution >= 0.6 is 0 Å². The van der Waals surface area contributed by atoms with Crippen LogP contribution in [-0.4, -0.2) is 19.1 Å². The first-order valence-corrected chi connectivity index (χ1v) is 4.11. The van der Waals surface area contributed by atoms with Gasteiger partial charge in [-0.25, -0.2) is 4.79 Å². The maximum absolute atomic E-state index is 11.2. The molecule has 14 heavy (non-hydrogen) atoms. The van der Waals surface area contributed by atoms with Gasteiger partial charge >= 0.3 is 12.0 Å². The smallest absolute Gasteiger partial charge is 0.330 e. The van der Waals surface area contributed by atoms with Crippen LogP contribution in [-0.2, 0) is 9.53 Å². The molecule has 0 aliphatic heterocycles. The Bertz CT molecular complexity index is 240. The number of nitrogens with one attached hydrogen (secondary N) is 2. The third-order valence-electron chi connectivity index (χ3n) is 1.66. The van der Waals surface area contributed by atoms with Gasteiger partial charge in [-0.1, -0.05) is 13.5 Å². The molecule has 0 fully saturated rings. The average molecular weight is 201 g/mol. The average Bonchev–Trinajstić information content (AvgIpc) is 2.15. The van der Waals surface area contributed by atoms with E-state index in [0.29, 0.717) is 12.1 Å². The Kier molecular flexibility index (Phi) is 5.13. The molecule has 0 bridgehead atoms. The summed E-state index contributed by atoms with van der Waals surface area (Å²) >= 11 is 0. The lowest BCUT2D eigenvalue weighted by atomic mass is 10.0. The summed E-state index contributed by atoms with van der Waals surface area (Å²) in [5.74, 6) is -0.900. The lowest BCUT2D eigenvalue weighted by Gasteiger charge is -2.16. The highest BCUT2D eigenvalue weighted by atomic mass is 16.5. The molecule has 6 nitrogen and oxygen atoms in total. The molecular formula is C8H15N3O3. The first kappa shape index (κ1) is 12.3. The van der Waals surface area contributed by atoms with Crippen molar-refractivity contribution in [2.45, 2.75) is 13.3 Å². The first-order valence-electron chi connectivity index (χ1n) is 4.11. The maximum Gasteiger partial charge on any atom is 0.330 e. The van der Waals surface area contributed by atoms with Crippen molar-refractivity contribution in [3.05, 3.63) is 12.3 Å². The van der Waals surface area contributed by atoms with Crippen molar-refractivity contribution in [1.29, 1.82) is 0 Å². The Labute approximate surface area is 82.5 Å². The van der Waals surface area contributed by atoms with Crippen LogP contribution in [0.2, 0.25) is 0 Å². The number of esters is 1. The van der Waals surface area contributed by atoms with Crippen molar-refractivity contribution < 1.29 is 14.3 Å². The van der Waals surface area contributed by atoms with E-state index in [1.165, 1.54) is 7.11 Å². The highest BCUT2D eigenvalue weighted by Gasteiger charge is 2.20. The number of primary amides is 1. The maximum atomic E-state index is 11.2. The van der Waals surface area contributed by atoms with Crippen LogP contribution in [0.5, 0.6) is 0 Å². The van der Waals surface area contributed by atoms with Gasteiger partial charge < -0.3 is 15.9 Å². The molecule has 1 atom stereocenters. The van der Waals surface area contributed by atoms with Crippen molar-refractivity contribution >= 4 is 12.0 Å². The number of nitrogens with two attached hydrogens (primary N) is 1. The van der Waals surface area contributed by atoms with E-state index in [-0.39, 0.29) is 0 Å². The fraction of sp³-hybridized carbons (Fsp3) is 0.500. The number of carbonyl (C=O) groups excluding carboxylic acids is 2. The first-order chi connectivity index (χ1) is 6.52. The molecule has 0 rings (SSSR count). The summed E-state index contributed by atoms with van der Waals surface area (Å²) in [5, 5.41) is 0. The number of amides is 2. The fourth-order valence-corrected chi connectivity index (χ4v) is 0.927. The minimum Gasteiger partial charge on any atom is -0.469 e. The number of ether oxygens (including phenoxy) is 1. The summed E-state index contributed by atoms with van der Waals surface area (Å²) in [6.45, 7) is 5.39. The quantitative estimate of drug-likeness (QED) is 0.426. The second-order valence-electron chi connectivity index (χ2n) is 2.62. The van der Waals surface area contributed by atoms with Crippen molar-refractivity contribution in [2.24, 2.45) is 11.7 Å². The highest BCUT2D eigenvalue weighted by molar-refractivity contribution is 5.75. The van der Waals surface area contributed by atoms with Gasteiger partial charge in [0, 0.05) is 5.70 Å². The molecule has 0 radical (unpaired) electrons. The van der Waals surface area contributed by atoms with Crippen LogP contribution in [0.1, 0.15) is 13.3 Å². The summed E-state index contributed by atoms with van der Waals surface area (Å²) in [5.41, 5.74) is 9.72. The van der Waals surface area contributed by atoms with E-state index >= 15 is 0 Å². The summed E-state index contributed by atoms with van der Waals surface area (Å²) < 4.78 is 4.55. The Morgan fingerprint density at radius 1 is 1.50 bits per heavy atom. The van der Waals surface area contributed by atoms with E-state index in [9.17, 15) is 9.59 Å². The predicted octanol–water partition coefficient (Wildman–Crippen LogP) is -0.128. The Morgan fingerprint density at radius 3 is 2.43 bits per heavy atom. The number of rotatable bonds is 5. The molecule has 1 unspecified atom stereocenters. The molecule has 2 amide bonds. The predicted molar refractivity (Wildman–Crippen MR) is 50.8 cm³/mol. The zero-order valence-electron chi connectivity index (χ0n) is 8.29. The molecule has 0 aromatic rings. The van der Waals surface area contributed by atoms with Gasteiger partial charge in [-0.05, 0) is 6.42 Å². The Hall–Kier alpha value is -1.72. The number of hydrazine groups is 1. The number of methoxy groups -OCH3 is 1. The van der Waals surface area contributed by atoms with E-state index in [2.05, 4.69) is 22.2 Å². The lowest BCUT2D eigenvalue weighted by molar-refractivity contribution is -0.144. The van der Waals surface area contributed by atoms with Crippen molar-refractivity contribution in [3.8, 4) is 0 Å². The molecule has 80 valence electrons. The molecule has 0 heterocycles. The fourth-order valence-electron chi connectivity index (χ4n) is 0.927. The molecular weight excluding hydrogens is 186 g/mol. The van der Waals surface area contributed by atoms with Crippen molar-refractivity contribution in [3.63, 3.8) is 0 Å². The highest BCUT2D eigenvalue weighted by Crippen LogP contribution is 2.11. The van der Waals surface area contributed by atoms with E-state index < -0.39 is 17.9 Å². The number of urea groups is 1. The summed E-state index contributed by atoms with van der Waals surface area (Å²) in [6, 6.07) is -0.745. The van der Waals surface area contributed by atoms with Gasteiger partial charge in [0.2, 0.25) is 0 Å². The van der Waals surface area contributed by atoms with Crippen LogP contribution < -0.4 is 16.6 Å². The van der Waals surface area contributed by atoms with Gasteiger partial charge in [0.25, 0.3) is 0 Å². The summed E-state index contributed by atoms with van der Waals surface area (Å²) in [4.78, 5) is 21.5. The van der Waals surface area contributed by atoms with E-state index in [0.717, 1.165) is 0 Å². The van der Waals surface area contributed by atoms with Crippen LogP contribution in [0.4, 0.5) is 4.79 Å². The van der Waals surface area contributed by atoms with Crippen molar-refractivity contribution in [1.82, 2.24) is 10.9 Å². The monoisotopic (exact) mass is 201 g/mol. The standard InChI is InChI=1S/C8H15N3O3/c1-4-6(7(12)14-3)5(2)10-11-8(9)13/h6,10H,2,4H2,1,3H3,(H3,9,11,13). The molecule has 0 aromatic heterocycles. The second-order valence-corrected chi connectivity index (χ2v) is 2.62. The van der Waals surface area contributed by atoms with Crippen LogP contribution in [0.25, 0.3) is 0 Å². The Balaban J connectivity index is 4.18. The SMILES string of the molecule is C=C(NNC(N)=O)C(CC)C(=O)OC. The zero-order valence-corrected chi connectivity index (χ0v) is 8.29. The van der Waals surface area contributed by atoms with Crippen LogP contribution in [0.3, 0.4) is 0 Å². The largest absolute Gasteiger partial charge is 0.469 e. The van der Waals surface area contributed by atoms with Crippen LogP contribution in [0, 0.1) is 5.92 Å². The van der Waals surface area contributed by atoms with Gasteiger partial charge in [0.15, 0.2) is 0 Å². The van der Waals surface area contributed by atoms with E-state index in [1.807, 2.05) is 0 Å². The van der Waals surface area contributed by atoms with Gasteiger partial charge in [-0.15, -0.1) is 0 Å². The van der Waals surface area contributed by atoms with Gasteiger partial charge in [0.05, 0.1) is 13.0 Å². The minimum atomic E-state index is -0.745. The Morgan fingerprint density at radius 2 is 2.07 bits per heavy atom. The van der Waals surface area contributed by atoms with E-state index in [4.69, 9.17) is 5.73 Å². The third kappa shape index (κ3) is 3.79. The molecule has 0 saturated heterocycles. The molecule has 0 saturated carbocycles. The summed E-state index contributed by atoms with van der Waals surface area (Å²) in [6.07, 6.45) is 0.527. The van der Waals surface area contributed by atoms with Crippen molar-refractivity contribution in [2.75, 3.05) is 7.11 Å². The normalized spacial score (nSPS) is 11.3. The number of hydrogen-bond acceptors (Lipinski definition) is 4. The van der Waals surface area contributed by atoms with Crippen LogP contribution in [0.15, 0.2) is 12.3 Å². The summed E-state index contributed by atoms with van der Waals surface area (Å²) in [7, 11) is 1.29. The molecule has 0 aliphatic rings. The second kappa shape index (κ2) is 5.85. The van der Waals surface area contributed by atoms with E-state index in [1.54, 1.807) is 6.92 Å². The van der Waals surface area contributed by atoms with Gasteiger partial charge in [0.1, 0.15) is 0 Å². The molecule has 0 aromatic carbocycles. The molecule has 0 aliphatic carbocycles. The topological polar surface area (TPSA) is 93.5 Å². The zero-order chi connectivity index (χ0) is 11.1. The molecule has 4 N–H and O–H groups in total. The number of carbonyl (C=O) groups is 2. The van der Waals surface area contributed by atoms with Gasteiger partial charge in [-0.3, -0.25) is 10.2 Å². The third-order valence-corrected chi connectivity index (χ3v) is 1.66. The molecule has 0 spiro atoms. The lowest BCUT2D eigenvalue weighted by Crippen LogP contribution is -2.42. The van der Waals surface area contributed by atoms with Gasteiger partial charge in [-0.2, -0.15) is 0 Å². The molecule has 6 heteroatoms. The number of hydrogen-bond donors (Lipinski definition) is 3.